The highest BCUT2D eigenvalue weighted by atomic mass is 32.2. The van der Waals surface area contributed by atoms with Gasteiger partial charge < -0.3 is 24.8 Å². The van der Waals surface area contributed by atoms with Crippen LogP contribution in [-0.2, 0) is 16.0 Å². The summed E-state index contributed by atoms with van der Waals surface area (Å²) in [7, 11) is 0. The molecule has 0 fully saturated rings. The zero-order chi connectivity index (χ0) is 23.6. The second-order valence-electron chi connectivity index (χ2n) is 7.52. The van der Waals surface area contributed by atoms with Gasteiger partial charge in [0.2, 0.25) is 0 Å². The fraction of sp³-hybridized carbons (Fsp3) is 0.667. The number of amides is 2. The first-order valence-corrected chi connectivity index (χ1v) is 12.8. The molecule has 0 saturated heterocycles. The van der Waals surface area contributed by atoms with Crippen molar-refractivity contribution >= 4 is 23.8 Å². The van der Waals surface area contributed by atoms with E-state index in [1.165, 1.54) is 12.8 Å². The number of rotatable bonds is 18. The van der Waals surface area contributed by atoms with Crippen LogP contribution in [0, 0.1) is 0 Å². The minimum Gasteiger partial charge on any atom is -0.492 e. The lowest BCUT2D eigenvalue weighted by atomic mass is 10.1. The molecular formula is C24H40N2O5S. The Labute approximate surface area is 197 Å². The maximum absolute atomic E-state index is 12.5. The van der Waals surface area contributed by atoms with E-state index >= 15 is 0 Å². The fourth-order valence-corrected chi connectivity index (χ4v) is 4.00. The summed E-state index contributed by atoms with van der Waals surface area (Å²) in [6, 6.07) is 7.32. The zero-order valence-corrected chi connectivity index (χ0v) is 20.6. The number of hydrogen-bond acceptors (Lipinski definition) is 5. The molecule has 182 valence electrons. The van der Waals surface area contributed by atoms with E-state index < -0.39 is 12.1 Å². The molecule has 0 bridgehead atoms. The summed E-state index contributed by atoms with van der Waals surface area (Å²) < 4.78 is 11.1. The molecule has 0 heterocycles. The van der Waals surface area contributed by atoms with Gasteiger partial charge >= 0.3 is 12.0 Å². The van der Waals surface area contributed by atoms with Gasteiger partial charge in [-0.2, -0.15) is 11.8 Å². The van der Waals surface area contributed by atoms with Crippen molar-refractivity contribution in [2.24, 2.45) is 0 Å². The smallest absolute Gasteiger partial charge is 0.333 e. The van der Waals surface area contributed by atoms with Gasteiger partial charge in [-0.3, -0.25) is 0 Å². The van der Waals surface area contributed by atoms with Crippen LogP contribution >= 0.6 is 11.8 Å². The highest BCUT2D eigenvalue weighted by Gasteiger charge is 2.18. The number of unbranched alkanes of at least 4 members (excludes halogenated alkanes) is 2. The molecule has 0 aliphatic carbocycles. The van der Waals surface area contributed by atoms with Gasteiger partial charge in [0.25, 0.3) is 0 Å². The minimum absolute atomic E-state index is 0.0378. The van der Waals surface area contributed by atoms with Gasteiger partial charge in [0.05, 0.1) is 6.54 Å². The number of urea groups is 1. The van der Waals surface area contributed by atoms with Crippen molar-refractivity contribution in [2.75, 3.05) is 44.4 Å². The van der Waals surface area contributed by atoms with Crippen LogP contribution in [0.3, 0.4) is 0 Å². The number of carboxylic acid groups (broad SMARTS) is 1. The van der Waals surface area contributed by atoms with E-state index in [-0.39, 0.29) is 6.03 Å². The maximum atomic E-state index is 12.5. The number of benzene rings is 1. The Morgan fingerprint density at radius 1 is 1.06 bits per heavy atom. The van der Waals surface area contributed by atoms with Crippen molar-refractivity contribution in [3.63, 3.8) is 0 Å². The molecule has 1 atom stereocenters. The Hall–Kier alpha value is -1.93. The van der Waals surface area contributed by atoms with E-state index in [1.54, 1.807) is 6.92 Å². The van der Waals surface area contributed by atoms with Crippen LogP contribution in [0.4, 0.5) is 4.79 Å². The van der Waals surface area contributed by atoms with Crippen molar-refractivity contribution in [1.29, 1.82) is 0 Å². The Bertz CT molecular complexity index is 642. The first kappa shape index (κ1) is 28.1. The number of carbonyl (C=O) groups is 2. The molecule has 8 heteroatoms. The molecule has 1 unspecified atom stereocenters. The number of hydrogen-bond donors (Lipinski definition) is 2. The molecule has 0 spiro atoms. The Morgan fingerprint density at radius 3 is 2.41 bits per heavy atom. The molecule has 32 heavy (non-hydrogen) atoms. The summed E-state index contributed by atoms with van der Waals surface area (Å²) in [4.78, 5) is 25.6. The Balaban J connectivity index is 2.52. The monoisotopic (exact) mass is 468 g/mol. The molecule has 0 aromatic heterocycles. The molecule has 0 saturated carbocycles. The van der Waals surface area contributed by atoms with Crippen molar-refractivity contribution in [1.82, 2.24) is 10.2 Å². The fourth-order valence-electron chi connectivity index (χ4n) is 2.95. The molecule has 1 aromatic rings. The molecule has 2 amide bonds. The second-order valence-corrected chi connectivity index (χ2v) is 8.74. The van der Waals surface area contributed by atoms with E-state index in [9.17, 15) is 14.7 Å². The first-order valence-electron chi connectivity index (χ1n) is 11.7. The summed E-state index contributed by atoms with van der Waals surface area (Å²) in [5, 5.41) is 12.2. The summed E-state index contributed by atoms with van der Waals surface area (Å²) >= 11 is 1.88. The predicted octanol–water partition coefficient (Wildman–Crippen LogP) is 4.44. The third-order valence-corrected chi connectivity index (χ3v) is 5.91. The normalized spacial score (nSPS) is 11.7. The van der Waals surface area contributed by atoms with Gasteiger partial charge in [-0.1, -0.05) is 38.8 Å². The van der Waals surface area contributed by atoms with Crippen LogP contribution in [0.5, 0.6) is 5.75 Å². The summed E-state index contributed by atoms with van der Waals surface area (Å²) in [5.74, 6) is 1.77. The lowest BCUT2D eigenvalue weighted by Gasteiger charge is -2.23. The number of ether oxygens (including phenoxy) is 2. The molecule has 0 aliphatic rings. The van der Waals surface area contributed by atoms with Gasteiger partial charge in [-0.15, -0.1) is 0 Å². The van der Waals surface area contributed by atoms with Crippen LogP contribution in [0.2, 0.25) is 0 Å². The summed E-state index contributed by atoms with van der Waals surface area (Å²) in [6.07, 6.45) is 3.87. The van der Waals surface area contributed by atoms with Gasteiger partial charge in [0, 0.05) is 31.9 Å². The van der Waals surface area contributed by atoms with Crippen molar-refractivity contribution in [3.05, 3.63) is 29.8 Å². The van der Waals surface area contributed by atoms with E-state index in [2.05, 4.69) is 19.2 Å². The molecule has 0 aliphatic heterocycles. The van der Waals surface area contributed by atoms with E-state index in [0.29, 0.717) is 45.0 Å². The highest BCUT2D eigenvalue weighted by molar-refractivity contribution is 7.99. The topological polar surface area (TPSA) is 88.1 Å². The molecule has 7 nitrogen and oxygen atoms in total. The van der Waals surface area contributed by atoms with Crippen molar-refractivity contribution < 1.29 is 24.2 Å². The van der Waals surface area contributed by atoms with E-state index in [4.69, 9.17) is 9.47 Å². The quantitative estimate of drug-likeness (QED) is 0.310. The number of aliphatic carboxylic acids is 1. The lowest BCUT2D eigenvalue weighted by Crippen LogP contribution is -2.43. The van der Waals surface area contributed by atoms with Crippen LogP contribution in [-0.4, -0.2) is 72.5 Å². The maximum Gasteiger partial charge on any atom is 0.333 e. The predicted molar refractivity (Wildman–Crippen MR) is 131 cm³/mol. The van der Waals surface area contributed by atoms with Gasteiger partial charge in [-0.25, -0.2) is 9.59 Å². The third-order valence-electron chi connectivity index (χ3n) is 4.86. The van der Waals surface area contributed by atoms with Gasteiger partial charge in [0.1, 0.15) is 12.4 Å². The van der Waals surface area contributed by atoms with Crippen LogP contribution in [0.15, 0.2) is 24.3 Å². The number of nitrogens with zero attached hydrogens (tertiary/aromatic N) is 1. The van der Waals surface area contributed by atoms with E-state index in [0.717, 1.165) is 29.9 Å². The zero-order valence-electron chi connectivity index (χ0n) is 19.8. The molecular weight excluding hydrogens is 428 g/mol. The SMILES string of the molecule is CCCCNC(=O)N(CCOc1ccc(CC(OCC)C(=O)O)cc1)CCSCCCC. The standard InChI is InChI=1S/C24H40N2O5S/c1-4-7-13-25-24(29)26(15-18-32-17-8-5-2)14-16-31-21-11-9-20(10-12-21)19-22(23(27)28)30-6-3/h9-12,22H,4-8,13-19H2,1-3H3,(H,25,29)(H,27,28). The average Bonchev–Trinajstić information content (AvgIpc) is 2.78. The average molecular weight is 469 g/mol. The Morgan fingerprint density at radius 2 is 1.78 bits per heavy atom. The van der Waals surface area contributed by atoms with Gasteiger partial charge in [0.15, 0.2) is 6.10 Å². The highest BCUT2D eigenvalue weighted by Crippen LogP contribution is 2.15. The number of nitrogens with one attached hydrogen (secondary N) is 1. The van der Waals surface area contributed by atoms with Crippen LogP contribution in [0.1, 0.15) is 52.0 Å². The summed E-state index contributed by atoms with van der Waals surface area (Å²) in [6.45, 7) is 8.73. The van der Waals surface area contributed by atoms with Crippen molar-refractivity contribution in [3.8, 4) is 5.75 Å². The molecule has 0 radical (unpaired) electrons. The number of carboxylic acids is 1. The number of carbonyl (C=O) groups excluding carboxylic acids is 1. The third kappa shape index (κ3) is 12.2. The summed E-state index contributed by atoms with van der Waals surface area (Å²) in [5.41, 5.74) is 0.874. The van der Waals surface area contributed by atoms with E-state index in [1.807, 2.05) is 40.9 Å². The van der Waals surface area contributed by atoms with Gasteiger partial charge in [-0.05, 0) is 43.2 Å². The number of thioether (sulfide) groups is 1. The first-order chi connectivity index (χ1) is 15.5. The lowest BCUT2D eigenvalue weighted by molar-refractivity contribution is -0.149. The van der Waals surface area contributed by atoms with Crippen LogP contribution < -0.4 is 10.1 Å². The second kappa shape index (κ2) is 17.6. The molecule has 1 aromatic carbocycles. The largest absolute Gasteiger partial charge is 0.492 e. The molecule has 1 rings (SSSR count). The van der Waals surface area contributed by atoms with Crippen molar-refractivity contribution in [2.45, 2.75) is 59.0 Å². The van der Waals surface area contributed by atoms with Crippen LogP contribution in [0.25, 0.3) is 0 Å². The molecule has 2 N–H and O–H groups in total. The minimum atomic E-state index is -0.961. The Kier molecular flexibility index (Phi) is 15.5.